The summed E-state index contributed by atoms with van der Waals surface area (Å²) in [6.45, 7) is 6.74. The largest absolute Gasteiger partial charge is 0.316 e. The van der Waals surface area contributed by atoms with Crippen molar-refractivity contribution in [2.75, 3.05) is 13.1 Å². The van der Waals surface area contributed by atoms with Gasteiger partial charge in [-0.1, -0.05) is 32.8 Å². The van der Waals surface area contributed by atoms with Crippen LogP contribution in [0.3, 0.4) is 0 Å². The van der Waals surface area contributed by atoms with Crippen LogP contribution in [-0.4, -0.2) is 13.1 Å². The molecule has 1 aromatic rings. The summed E-state index contributed by atoms with van der Waals surface area (Å²) >= 11 is 3.30. The summed E-state index contributed by atoms with van der Waals surface area (Å²) in [6.07, 6.45) is 6.42. The molecule has 2 rings (SSSR count). The van der Waals surface area contributed by atoms with Crippen molar-refractivity contribution >= 4 is 15.9 Å². The van der Waals surface area contributed by atoms with E-state index in [1.54, 1.807) is 6.07 Å². The first-order valence-corrected chi connectivity index (χ1v) is 9.00. The van der Waals surface area contributed by atoms with E-state index in [0.29, 0.717) is 10.4 Å². The highest BCUT2D eigenvalue weighted by atomic mass is 79.9. The van der Waals surface area contributed by atoms with Crippen molar-refractivity contribution in [3.8, 4) is 0 Å². The summed E-state index contributed by atoms with van der Waals surface area (Å²) in [6, 6.07) is 5.46. The topological polar surface area (TPSA) is 12.0 Å². The fourth-order valence-corrected chi connectivity index (χ4v) is 3.77. The number of rotatable bonds is 6. The smallest absolute Gasteiger partial charge is 0.137 e. The highest BCUT2D eigenvalue weighted by molar-refractivity contribution is 9.10. The Hall–Kier alpha value is -0.410. The molecule has 0 spiro atoms. The van der Waals surface area contributed by atoms with Crippen LogP contribution >= 0.6 is 15.9 Å². The lowest BCUT2D eigenvalue weighted by Crippen LogP contribution is -2.33. The molecule has 0 heterocycles. The molecular weight excluding hydrogens is 329 g/mol. The van der Waals surface area contributed by atoms with Crippen molar-refractivity contribution in [3.05, 3.63) is 34.1 Å². The van der Waals surface area contributed by atoms with E-state index in [1.807, 2.05) is 12.1 Å². The van der Waals surface area contributed by atoms with E-state index in [1.165, 1.54) is 31.2 Å². The molecule has 1 fully saturated rings. The molecule has 0 radical (unpaired) electrons. The molecule has 0 amide bonds. The normalized spacial score (nSPS) is 22.7. The number of nitrogens with one attached hydrogen (secondary N) is 1. The van der Waals surface area contributed by atoms with Crippen LogP contribution < -0.4 is 5.32 Å². The lowest BCUT2D eigenvalue weighted by atomic mass is 9.76. The number of benzene rings is 1. The summed E-state index contributed by atoms with van der Waals surface area (Å²) in [5.74, 6) is 2.04. The Morgan fingerprint density at radius 2 is 1.95 bits per heavy atom. The second-order valence-corrected chi connectivity index (χ2v) is 7.66. The predicted octanol–water partition coefficient (Wildman–Crippen LogP) is 5.18. The van der Waals surface area contributed by atoms with Gasteiger partial charge in [-0.2, -0.15) is 0 Å². The minimum atomic E-state index is -0.169. The van der Waals surface area contributed by atoms with Gasteiger partial charge in [0.2, 0.25) is 0 Å². The fraction of sp³-hybridized carbons (Fsp3) is 0.667. The van der Waals surface area contributed by atoms with Gasteiger partial charge in [-0.25, -0.2) is 4.39 Å². The second kappa shape index (κ2) is 8.28. The lowest BCUT2D eigenvalue weighted by Gasteiger charge is -2.32. The van der Waals surface area contributed by atoms with E-state index < -0.39 is 0 Å². The van der Waals surface area contributed by atoms with Crippen molar-refractivity contribution in [2.45, 2.75) is 46.0 Å². The number of halogens is 2. The number of hydrogen-bond donors (Lipinski definition) is 1. The third kappa shape index (κ3) is 5.37. The van der Waals surface area contributed by atoms with Crippen LogP contribution in [-0.2, 0) is 6.42 Å². The maximum absolute atomic E-state index is 13.3. The Bertz CT molecular complexity index is 447. The maximum atomic E-state index is 13.3. The zero-order valence-corrected chi connectivity index (χ0v) is 14.8. The van der Waals surface area contributed by atoms with E-state index in [0.717, 1.165) is 31.3 Å². The third-order valence-electron chi connectivity index (χ3n) is 4.51. The predicted molar refractivity (Wildman–Crippen MR) is 91.0 cm³/mol. The van der Waals surface area contributed by atoms with Gasteiger partial charge in [-0.05, 0) is 83.7 Å². The van der Waals surface area contributed by atoms with E-state index in [4.69, 9.17) is 0 Å². The van der Waals surface area contributed by atoms with Crippen molar-refractivity contribution in [1.29, 1.82) is 0 Å². The molecule has 1 nitrogen and oxygen atoms in total. The van der Waals surface area contributed by atoms with Gasteiger partial charge in [0.1, 0.15) is 5.82 Å². The highest BCUT2D eigenvalue weighted by Gasteiger charge is 2.25. The third-order valence-corrected chi connectivity index (χ3v) is 5.12. The maximum Gasteiger partial charge on any atom is 0.137 e. The van der Waals surface area contributed by atoms with Crippen LogP contribution in [0.4, 0.5) is 4.39 Å². The van der Waals surface area contributed by atoms with Crippen molar-refractivity contribution in [2.24, 2.45) is 17.8 Å². The van der Waals surface area contributed by atoms with E-state index in [2.05, 4.69) is 35.1 Å². The minimum Gasteiger partial charge on any atom is -0.316 e. The number of hydrogen-bond acceptors (Lipinski definition) is 1. The first-order chi connectivity index (χ1) is 10.1. The van der Waals surface area contributed by atoms with E-state index in [-0.39, 0.29) is 5.82 Å². The molecule has 1 aliphatic carbocycles. The molecule has 2 unspecified atom stereocenters. The van der Waals surface area contributed by atoms with Crippen LogP contribution in [0.5, 0.6) is 0 Å². The molecule has 0 aliphatic heterocycles. The van der Waals surface area contributed by atoms with Gasteiger partial charge in [0.05, 0.1) is 4.47 Å². The zero-order chi connectivity index (χ0) is 15.2. The molecule has 21 heavy (non-hydrogen) atoms. The Kier molecular flexibility index (Phi) is 6.69. The van der Waals surface area contributed by atoms with E-state index in [9.17, 15) is 4.39 Å². The van der Waals surface area contributed by atoms with Crippen LogP contribution in [0.15, 0.2) is 22.7 Å². The van der Waals surface area contributed by atoms with Gasteiger partial charge in [0.25, 0.3) is 0 Å². The van der Waals surface area contributed by atoms with Gasteiger partial charge in [-0.3, -0.25) is 0 Å². The summed E-state index contributed by atoms with van der Waals surface area (Å²) in [5, 5.41) is 3.62. The monoisotopic (exact) mass is 355 g/mol. The Labute approximate surface area is 136 Å². The Morgan fingerprint density at radius 3 is 2.62 bits per heavy atom. The first-order valence-electron chi connectivity index (χ1n) is 8.21. The van der Waals surface area contributed by atoms with Crippen molar-refractivity contribution in [1.82, 2.24) is 5.32 Å². The Balaban J connectivity index is 1.93. The fourth-order valence-electron chi connectivity index (χ4n) is 3.35. The molecular formula is C18H27BrFN. The van der Waals surface area contributed by atoms with Gasteiger partial charge in [0.15, 0.2) is 0 Å². The lowest BCUT2D eigenvalue weighted by molar-refractivity contribution is 0.226. The highest BCUT2D eigenvalue weighted by Crippen LogP contribution is 2.33. The molecule has 118 valence electrons. The molecule has 3 heteroatoms. The molecule has 0 aromatic heterocycles. The van der Waals surface area contributed by atoms with Crippen LogP contribution in [0, 0.1) is 23.6 Å². The first kappa shape index (κ1) is 17.0. The average molecular weight is 356 g/mol. The van der Waals surface area contributed by atoms with Gasteiger partial charge in [0, 0.05) is 0 Å². The van der Waals surface area contributed by atoms with Crippen LogP contribution in [0.1, 0.15) is 45.1 Å². The Morgan fingerprint density at radius 1 is 1.24 bits per heavy atom. The summed E-state index contributed by atoms with van der Waals surface area (Å²) in [5.41, 5.74) is 1.25. The quantitative estimate of drug-likeness (QED) is 0.740. The minimum absolute atomic E-state index is 0.169. The molecule has 1 saturated carbocycles. The summed E-state index contributed by atoms with van der Waals surface area (Å²) in [4.78, 5) is 0. The van der Waals surface area contributed by atoms with Crippen molar-refractivity contribution in [3.63, 3.8) is 0 Å². The standard InChI is InChI=1S/C18H27BrFN/c1-13(2)11-21-12-16-6-4-3-5-15(16)9-14-7-8-18(20)17(19)10-14/h7-8,10,13,15-16,21H,3-6,9,11-12H2,1-2H3. The molecule has 1 aromatic carbocycles. The molecule has 0 bridgehead atoms. The van der Waals surface area contributed by atoms with Gasteiger partial charge < -0.3 is 5.32 Å². The van der Waals surface area contributed by atoms with Gasteiger partial charge >= 0.3 is 0 Å². The van der Waals surface area contributed by atoms with Crippen LogP contribution in [0.2, 0.25) is 0 Å². The average Bonchev–Trinajstić information content (AvgIpc) is 2.44. The van der Waals surface area contributed by atoms with E-state index >= 15 is 0 Å². The summed E-state index contributed by atoms with van der Waals surface area (Å²) < 4.78 is 13.9. The summed E-state index contributed by atoms with van der Waals surface area (Å²) in [7, 11) is 0. The molecule has 1 N–H and O–H groups in total. The van der Waals surface area contributed by atoms with Gasteiger partial charge in [-0.15, -0.1) is 0 Å². The molecule has 2 atom stereocenters. The zero-order valence-electron chi connectivity index (χ0n) is 13.2. The van der Waals surface area contributed by atoms with Crippen LogP contribution in [0.25, 0.3) is 0 Å². The molecule has 0 saturated heterocycles. The van der Waals surface area contributed by atoms with Crippen molar-refractivity contribution < 1.29 is 4.39 Å². The second-order valence-electron chi connectivity index (χ2n) is 6.81. The molecule has 1 aliphatic rings. The SMILES string of the molecule is CC(C)CNCC1CCCCC1Cc1ccc(F)c(Br)c1.